The number of anilines is 1. The molecule has 0 radical (unpaired) electrons. The Bertz CT molecular complexity index is 1140. The summed E-state index contributed by atoms with van der Waals surface area (Å²) in [6.45, 7) is 0.350. The zero-order chi connectivity index (χ0) is 25.8. The first-order valence-electron chi connectivity index (χ1n) is 10.4. The Kier molecular flexibility index (Phi) is 8.55. The van der Waals surface area contributed by atoms with E-state index in [0.717, 1.165) is 17.0 Å². The van der Waals surface area contributed by atoms with Crippen molar-refractivity contribution in [2.45, 2.75) is 31.7 Å². The van der Waals surface area contributed by atoms with Gasteiger partial charge in [0.2, 0.25) is 6.41 Å². The minimum Gasteiger partial charge on any atom is -0.310 e. The molecule has 0 N–H and O–H groups in total. The lowest BCUT2D eigenvalue weighted by molar-refractivity contribution is -0.107. The largest absolute Gasteiger partial charge is 0.310 e. The van der Waals surface area contributed by atoms with Gasteiger partial charge in [0.05, 0.1) is 23.8 Å². The van der Waals surface area contributed by atoms with Crippen LogP contribution in [0.25, 0.3) is 0 Å². The molecule has 0 aromatic heterocycles. The van der Waals surface area contributed by atoms with Crippen LogP contribution >= 0.6 is 11.6 Å². The molecule has 12 heteroatoms. The molecule has 2 aromatic rings. The smallest absolute Gasteiger partial charge is 0.278 e. The number of alkyl halides is 4. The van der Waals surface area contributed by atoms with Crippen molar-refractivity contribution in [3.8, 4) is 0 Å². The zero-order valence-corrected chi connectivity index (χ0v) is 19.3. The number of nitrogens with zero attached hydrogens (tertiary/aromatic N) is 4. The third kappa shape index (κ3) is 7.04. The van der Waals surface area contributed by atoms with E-state index in [1.807, 2.05) is 0 Å². The third-order valence-electron chi connectivity index (χ3n) is 5.35. The molecule has 35 heavy (non-hydrogen) atoms. The number of hydrogen-bond donors (Lipinski definition) is 0. The molecule has 0 saturated carbocycles. The van der Waals surface area contributed by atoms with Crippen molar-refractivity contribution in [3.05, 3.63) is 64.2 Å². The van der Waals surface area contributed by atoms with Crippen LogP contribution in [0, 0.1) is 11.6 Å². The van der Waals surface area contributed by atoms with Crippen LogP contribution in [0.4, 0.5) is 32.0 Å². The summed E-state index contributed by atoms with van der Waals surface area (Å²) in [6.07, 6.45) is -2.35. The van der Waals surface area contributed by atoms with Gasteiger partial charge in [-0.1, -0.05) is 23.7 Å². The van der Waals surface area contributed by atoms with Gasteiger partial charge < -0.3 is 9.80 Å². The summed E-state index contributed by atoms with van der Waals surface area (Å²) in [5, 5.41) is 6.90. The van der Waals surface area contributed by atoms with Crippen LogP contribution < -0.4 is 4.90 Å². The van der Waals surface area contributed by atoms with Gasteiger partial charge in [-0.05, 0) is 31.3 Å². The lowest BCUT2D eigenvalue weighted by Gasteiger charge is -2.18. The van der Waals surface area contributed by atoms with Gasteiger partial charge in [-0.2, -0.15) is 10.2 Å². The van der Waals surface area contributed by atoms with Crippen LogP contribution in [-0.4, -0.2) is 55.2 Å². The molecule has 2 aliphatic rings. The molecule has 0 unspecified atom stereocenters. The number of halogens is 7. The Balaban J connectivity index is 0.000000363. The van der Waals surface area contributed by atoms with E-state index in [1.54, 1.807) is 11.9 Å². The Morgan fingerprint density at radius 2 is 1.89 bits per heavy atom. The number of benzene rings is 2. The Morgan fingerprint density at radius 1 is 1.14 bits per heavy atom. The summed E-state index contributed by atoms with van der Waals surface area (Å²) in [7, 11) is 1.71. The number of carbonyl (C=O) groups excluding carboxylic acids is 1. The van der Waals surface area contributed by atoms with Gasteiger partial charge in [0.25, 0.3) is 12.3 Å². The first-order chi connectivity index (χ1) is 16.5. The van der Waals surface area contributed by atoms with Crippen LogP contribution in [0.2, 0.25) is 5.02 Å². The summed E-state index contributed by atoms with van der Waals surface area (Å²) in [5.41, 5.74) is 0.691. The van der Waals surface area contributed by atoms with E-state index < -0.39 is 24.0 Å². The Morgan fingerprint density at radius 3 is 2.37 bits per heavy atom. The second-order valence-electron chi connectivity index (χ2n) is 8.10. The van der Waals surface area contributed by atoms with E-state index in [0.29, 0.717) is 24.2 Å². The van der Waals surface area contributed by atoms with E-state index >= 15 is 0 Å². The number of rotatable bonds is 6. The molecule has 4 rings (SSSR count). The molecule has 0 bridgehead atoms. The molecule has 1 fully saturated rings. The van der Waals surface area contributed by atoms with E-state index in [1.165, 1.54) is 24.3 Å². The van der Waals surface area contributed by atoms with Gasteiger partial charge in [0, 0.05) is 36.2 Å². The topological polar surface area (TPSA) is 48.3 Å². The molecule has 0 spiro atoms. The molecule has 0 atom stereocenters. The molecule has 0 aliphatic carbocycles. The van der Waals surface area contributed by atoms with Crippen molar-refractivity contribution < 1.29 is 31.1 Å². The first-order valence-corrected chi connectivity index (χ1v) is 10.8. The lowest BCUT2D eigenvalue weighted by Crippen LogP contribution is -2.21. The van der Waals surface area contributed by atoms with Crippen molar-refractivity contribution in [3.63, 3.8) is 0 Å². The van der Waals surface area contributed by atoms with Crippen LogP contribution in [0.15, 0.2) is 46.6 Å². The highest BCUT2D eigenvalue weighted by Gasteiger charge is 2.36. The fraction of sp³-hybridized carbons (Fsp3) is 0.348. The zero-order valence-electron chi connectivity index (χ0n) is 18.5. The monoisotopic (exact) mass is 518 g/mol. The molecule has 5 nitrogen and oxygen atoms in total. The van der Waals surface area contributed by atoms with Crippen molar-refractivity contribution in [1.29, 1.82) is 0 Å². The molecular weight excluding hydrogens is 498 g/mol. The second kappa shape index (κ2) is 11.2. The van der Waals surface area contributed by atoms with Crippen LogP contribution in [0.1, 0.15) is 24.0 Å². The summed E-state index contributed by atoms with van der Waals surface area (Å²) >= 11 is 5.71. The summed E-state index contributed by atoms with van der Waals surface area (Å²) < 4.78 is 77.3. The van der Waals surface area contributed by atoms with Crippen LogP contribution in [-0.2, 0) is 11.3 Å². The van der Waals surface area contributed by atoms with Crippen LogP contribution in [0.3, 0.4) is 0 Å². The molecular formula is C23H21ClF6N4O. The second-order valence-corrected chi connectivity index (χ2v) is 8.50. The van der Waals surface area contributed by atoms with Gasteiger partial charge in [0.1, 0.15) is 17.3 Å². The van der Waals surface area contributed by atoms with Crippen LogP contribution in [0.5, 0.6) is 0 Å². The number of carbonyl (C=O) groups is 1. The predicted octanol–water partition coefficient (Wildman–Crippen LogP) is 5.55. The molecule has 1 amide bonds. The highest BCUT2D eigenvalue weighted by Crippen LogP contribution is 2.26. The van der Waals surface area contributed by atoms with E-state index in [9.17, 15) is 31.1 Å². The standard InChI is InChI=1S/C18H12ClF4N3O.C5H9F2N/c19-13-6-12(3-4-14(13)20)26(9-27)8-11-2-1-10(5-15(11)21)16-7-17(18(22)23)25-24-16;1-8-3-2-5(6,7)4-8/h1-6,9,18H,7-8H2;2-4H2,1H3. The first kappa shape index (κ1) is 26.7. The normalized spacial score (nSPS) is 17.1. The maximum absolute atomic E-state index is 14.4. The average Bonchev–Trinajstić information content (AvgIpc) is 3.41. The van der Waals surface area contributed by atoms with Gasteiger partial charge in [-0.15, -0.1) is 0 Å². The highest BCUT2D eigenvalue weighted by atomic mass is 35.5. The molecule has 1 saturated heterocycles. The predicted molar refractivity (Wildman–Crippen MR) is 122 cm³/mol. The summed E-state index contributed by atoms with van der Waals surface area (Å²) in [6, 6.07) is 7.80. The average molecular weight is 519 g/mol. The molecule has 2 aromatic carbocycles. The SMILES string of the molecule is CN1CCC(F)(F)C1.O=CN(Cc1ccc(C2=NN=C(C(F)F)C2)cc1F)c1ccc(F)c(Cl)c1. The quantitative estimate of drug-likeness (QED) is 0.372. The van der Waals surface area contributed by atoms with Gasteiger partial charge >= 0.3 is 0 Å². The van der Waals surface area contributed by atoms with E-state index in [4.69, 9.17) is 11.6 Å². The Labute approximate surface area is 202 Å². The fourth-order valence-electron chi connectivity index (χ4n) is 3.45. The van der Waals surface area contributed by atoms with Gasteiger partial charge in [0.15, 0.2) is 0 Å². The van der Waals surface area contributed by atoms with Gasteiger partial charge in [-0.25, -0.2) is 26.3 Å². The lowest BCUT2D eigenvalue weighted by atomic mass is 10.0. The molecule has 2 heterocycles. The fourth-order valence-corrected chi connectivity index (χ4v) is 3.62. The third-order valence-corrected chi connectivity index (χ3v) is 5.64. The van der Waals surface area contributed by atoms with Gasteiger partial charge in [-0.3, -0.25) is 4.79 Å². The molecule has 2 aliphatic heterocycles. The maximum Gasteiger partial charge on any atom is 0.278 e. The Hall–Kier alpha value is -2.92. The number of likely N-dealkylation sites (tertiary alicyclic amines) is 1. The highest BCUT2D eigenvalue weighted by molar-refractivity contribution is 6.31. The van der Waals surface area contributed by atoms with Crippen molar-refractivity contribution in [1.82, 2.24) is 4.90 Å². The number of amides is 1. The van der Waals surface area contributed by atoms with Crippen molar-refractivity contribution in [2.75, 3.05) is 25.0 Å². The maximum atomic E-state index is 14.4. The molecule has 188 valence electrons. The summed E-state index contributed by atoms with van der Waals surface area (Å²) in [5.74, 6) is -3.68. The van der Waals surface area contributed by atoms with E-state index in [2.05, 4.69) is 10.2 Å². The minimum absolute atomic E-state index is 0.0312. The van der Waals surface area contributed by atoms with Crippen molar-refractivity contribution >= 4 is 35.1 Å². The summed E-state index contributed by atoms with van der Waals surface area (Å²) in [4.78, 5) is 14.2. The minimum atomic E-state index is -2.71. The van der Waals surface area contributed by atoms with E-state index in [-0.39, 0.29) is 47.9 Å². The van der Waals surface area contributed by atoms with Crippen molar-refractivity contribution in [2.24, 2.45) is 10.2 Å². The number of hydrogen-bond acceptors (Lipinski definition) is 4.